The van der Waals surface area contributed by atoms with Crippen molar-refractivity contribution in [2.24, 2.45) is 5.92 Å². The average molecular weight is 445 g/mol. The van der Waals surface area contributed by atoms with E-state index < -0.39 is 23.4 Å². The number of esters is 1. The fourth-order valence-electron chi connectivity index (χ4n) is 3.42. The predicted molar refractivity (Wildman–Crippen MR) is 114 cm³/mol. The molecule has 1 aromatic carbocycles. The minimum Gasteiger partial charge on any atom is -0.465 e. The van der Waals surface area contributed by atoms with Crippen LogP contribution in [0.15, 0.2) is 48.4 Å². The molecule has 0 spiro atoms. The summed E-state index contributed by atoms with van der Waals surface area (Å²) >= 11 is 0. The van der Waals surface area contributed by atoms with E-state index in [1.165, 1.54) is 25.4 Å². The number of pyridine rings is 1. The minimum absolute atomic E-state index is 0.0976. The Bertz CT molecular complexity index is 989. The van der Waals surface area contributed by atoms with Gasteiger partial charge in [0, 0.05) is 18.8 Å². The first kappa shape index (κ1) is 23.2. The van der Waals surface area contributed by atoms with Crippen molar-refractivity contribution >= 4 is 17.7 Å². The number of carbonyl (C=O) groups excluding carboxylic acids is 2. The SMILES string of the molecule is COC(=O)c1ccc(NC[C@H](CC(C)C)N2CC(Oc3c(F)cccc3F)=CC2=O)nc1. The predicted octanol–water partition coefficient (Wildman–Crippen LogP) is 3.78. The Morgan fingerprint density at radius 2 is 1.94 bits per heavy atom. The third kappa shape index (κ3) is 5.60. The molecule has 0 fully saturated rings. The monoisotopic (exact) mass is 445 g/mol. The second-order valence-electron chi connectivity index (χ2n) is 7.82. The van der Waals surface area contributed by atoms with Crippen LogP contribution in [0.5, 0.6) is 5.75 Å². The molecule has 0 saturated carbocycles. The van der Waals surface area contributed by atoms with Gasteiger partial charge in [-0.2, -0.15) is 0 Å². The number of nitrogens with zero attached hydrogens (tertiary/aromatic N) is 2. The number of methoxy groups -OCH3 is 1. The Kier molecular flexibility index (Phi) is 7.40. The van der Waals surface area contributed by atoms with Gasteiger partial charge in [-0.25, -0.2) is 18.6 Å². The summed E-state index contributed by atoms with van der Waals surface area (Å²) in [5.74, 6) is -1.96. The third-order valence-electron chi connectivity index (χ3n) is 4.93. The molecule has 2 heterocycles. The number of halogens is 2. The Morgan fingerprint density at radius 3 is 2.53 bits per heavy atom. The molecule has 9 heteroatoms. The zero-order valence-electron chi connectivity index (χ0n) is 18.1. The van der Waals surface area contributed by atoms with Crippen molar-refractivity contribution in [1.82, 2.24) is 9.88 Å². The lowest BCUT2D eigenvalue weighted by molar-refractivity contribution is -0.126. The molecule has 1 amide bonds. The highest BCUT2D eigenvalue weighted by atomic mass is 19.1. The Balaban J connectivity index is 1.67. The van der Waals surface area contributed by atoms with Gasteiger partial charge in [0.15, 0.2) is 17.4 Å². The van der Waals surface area contributed by atoms with Crippen molar-refractivity contribution in [2.45, 2.75) is 26.3 Å². The molecule has 1 N–H and O–H groups in total. The van der Waals surface area contributed by atoms with Gasteiger partial charge in [-0.1, -0.05) is 19.9 Å². The summed E-state index contributed by atoms with van der Waals surface area (Å²) in [5, 5.41) is 3.17. The number of rotatable bonds is 9. The number of amides is 1. The number of para-hydroxylation sites is 1. The molecule has 32 heavy (non-hydrogen) atoms. The van der Waals surface area contributed by atoms with Crippen LogP contribution < -0.4 is 10.1 Å². The Labute approximate surface area is 185 Å². The largest absolute Gasteiger partial charge is 0.465 e. The van der Waals surface area contributed by atoms with Crippen LogP contribution in [0.3, 0.4) is 0 Å². The maximum absolute atomic E-state index is 13.9. The number of carbonyl (C=O) groups is 2. The van der Waals surface area contributed by atoms with Crippen LogP contribution in [0.2, 0.25) is 0 Å². The summed E-state index contributed by atoms with van der Waals surface area (Å²) in [4.78, 5) is 30.0. The fraction of sp³-hybridized carbons (Fsp3) is 0.348. The molecule has 7 nitrogen and oxygen atoms in total. The van der Waals surface area contributed by atoms with Gasteiger partial charge < -0.3 is 19.7 Å². The normalized spacial score (nSPS) is 14.4. The van der Waals surface area contributed by atoms with E-state index in [0.717, 1.165) is 12.1 Å². The van der Waals surface area contributed by atoms with E-state index in [-0.39, 0.29) is 24.3 Å². The van der Waals surface area contributed by atoms with Crippen molar-refractivity contribution in [3.63, 3.8) is 0 Å². The molecule has 0 radical (unpaired) electrons. The number of anilines is 1. The van der Waals surface area contributed by atoms with Crippen molar-refractivity contribution in [2.75, 3.05) is 25.5 Å². The molecule has 1 aliphatic heterocycles. The summed E-state index contributed by atoms with van der Waals surface area (Å²) in [6.07, 6.45) is 3.35. The number of aromatic nitrogens is 1. The molecular weight excluding hydrogens is 420 g/mol. The van der Waals surface area contributed by atoms with Crippen LogP contribution in [-0.2, 0) is 9.53 Å². The quantitative estimate of drug-likeness (QED) is 0.592. The maximum atomic E-state index is 13.9. The zero-order valence-corrected chi connectivity index (χ0v) is 18.1. The van der Waals surface area contributed by atoms with Crippen molar-refractivity contribution in [1.29, 1.82) is 0 Å². The number of hydrogen-bond donors (Lipinski definition) is 1. The summed E-state index contributed by atoms with van der Waals surface area (Å²) in [5.41, 5.74) is 0.331. The standard InChI is InChI=1S/C23H25F2N3O4/c1-14(2)9-16(12-27-20-8-7-15(11-26-20)23(30)31-3)28-13-17(10-21(28)29)32-22-18(24)5-4-6-19(22)25/h4-8,10-11,14,16H,9,12-13H2,1-3H3,(H,26,27)/t16-/m0/s1. The smallest absolute Gasteiger partial charge is 0.339 e. The minimum atomic E-state index is -0.835. The number of nitrogens with one attached hydrogen (secondary N) is 1. The van der Waals surface area contributed by atoms with Crippen molar-refractivity contribution in [3.8, 4) is 5.75 Å². The zero-order chi connectivity index (χ0) is 23.3. The van der Waals surface area contributed by atoms with Gasteiger partial charge in [-0.3, -0.25) is 4.79 Å². The van der Waals surface area contributed by atoms with Crippen LogP contribution in [-0.4, -0.2) is 48.0 Å². The lowest BCUT2D eigenvalue weighted by Gasteiger charge is -2.30. The van der Waals surface area contributed by atoms with Crippen LogP contribution in [0.25, 0.3) is 0 Å². The van der Waals surface area contributed by atoms with Crippen LogP contribution in [0.1, 0.15) is 30.6 Å². The highest BCUT2D eigenvalue weighted by molar-refractivity contribution is 5.91. The van der Waals surface area contributed by atoms with E-state index in [9.17, 15) is 18.4 Å². The molecule has 3 rings (SSSR count). The van der Waals surface area contributed by atoms with Gasteiger partial charge in [-0.05, 0) is 36.6 Å². The van der Waals surface area contributed by atoms with E-state index in [2.05, 4.69) is 15.0 Å². The molecule has 0 aliphatic carbocycles. The summed E-state index contributed by atoms with van der Waals surface area (Å²) < 4.78 is 37.8. The first-order valence-electron chi connectivity index (χ1n) is 10.2. The second-order valence-corrected chi connectivity index (χ2v) is 7.82. The molecule has 0 saturated heterocycles. The molecular formula is C23H25F2N3O4. The topological polar surface area (TPSA) is 80.8 Å². The molecule has 0 bridgehead atoms. The van der Waals surface area contributed by atoms with Gasteiger partial charge in [0.05, 0.1) is 25.3 Å². The van der Waals surface area contributed by atoms with Crippen LogP contribution >= 0.6 is 0 Å². The summed E-state index contributed by atoms with van der Waals surface area (Å²) in [6, 6.07) is 6.46. The fourth-order valence-corrected chi connectivity index (χ4v) is 3.42. The lowest BCUT2D eigenvalue weighted by atomic mass is 10.0. The molecule has 170 valence electrons. The number of hydrogen-bond acceptors (Lipinski definition) is 6. The summed E-state index contributed by atoms with van der Waals surface area (Å²) in [7, 11) is 1.30. The first-order valence-corrected chi connectivity index (χ1v) is 10.2. The van der Waals surface area contributed by atoms with E-state index in [4.69, 9.17) is 4.74 Å². The Hall–Kier alpha value is -3.49. The van der Waals surface area contributed by atoms with Gasteiger partial charge in [0.2, 0.25) is 0 Å². The lowest BCUT2D eigenvalue weighted by Crippen LogP contribution is -2.42. The number of ether oxygens (including phenoxy) is 2. The van der Waals surface area contributed by atoms with Crippen molar-refractivity contribution < 1.29 is 27.8 Å². The Morgan fingerprint density at radius 1 is 1.22 bits per heavy atom. The molecule has 1 aromatic heterocycles. The van der Waals surface area contributed by atoms with Gasteiger partial charge in [0.25, 0.3) is 5.91 Å². The average Bonchev–Trinajstić information content (AvgIpc) is 3.13. The van der Waals surface area contributed by atoms with E-state index >= 15 is 0 Å². The molecule has 2 aromatic rings. The number of benzene rings is 1. The second kappa shape index (κ2) is 10.2. The third-order valence-corrected chi connectivity index (χ3v) is 4.93. The van der Waals surface area contributed by atoms with Gasteiger partial charge >= 0.3 is 5.97 Å². The van der Waals surface area contributed by atoms with Gasteiger partial charge in [-0.15, -0.1) is 0 Å². The van der Waals surface area contributed by atoms with Gasteiger partial charge in [0.1, 0.15) is 11.6 Å². The molecule has 0 unspecified atom stereocenters. The summed E-state index contributed by atoms with van der Waals surface area (Å²) in [6.45, 7) is 4.57. The molecule has 1 atom stereocenters. The van der Waals surface area contributed by atoms with Crippen LogP contribution in [0, 0.1) is 17.6 Å². The maximum Gasteiger partial charge on any atom is 0.339 e. The highest BCUT2D eigenvalue weighted by Crippen LogP contribution is 2.26. The van der Waals surface area contributed by atoms with E-state index in [1.54, 1.807) is 17.0 Å². The van der Waals surface area contributed by atoms with Crippen molar-refractivity contribution in [3.05, 3.63) is 65.6 Å². The molecule has 1 aliphatic rings. The van der Waals surface area contributed by atoms with E-state index in [0.29, 0.717) is 30.3 Å². The van der Waals surface area contributed by atoms with Crippen LogP contribution in [0.4, 0.5) is 14.6 Å². The van der Waals surface area contributed by atoms with E-state index in [1.807, 2.05) is 13.8 Å². The highest BCUT2D eigenvalue weighted by Gasteiger charge is 2.31. The first-order chi connectivity index (χ1) is 15.3.